The third kappa shape index (κ3) is 4.00. The largest absolute Gasteiger partial charge is 0.508 e. The van der Waals surface area contributed by atoms with E-state index in [4.69, 9.17) is 4.74 Å². The molecule has 2 fully saturated rings. The van der Waals surface area contributed by atoms with Crippen LogP contribution in [0.15, 0.2) is 83.0 Å². The maximum atomic E-state index is 14.1. The maximum absolute atomic E-state index is 14.1. The highest BCUT2D eigenvalue weighted by molar-refractivity contribution is 6.25. The number of amides is 2. The first-order chi connectivity index (χ1) is 19.8. The van der Waals surface area contributed by atoms with Gasteiger partial charge in [-0.1, -0.05) is 23.8 Å². The van der Waals surface area contributed by atoms with Crippen LogP contribution in [0.1, 0.15) is 31.2 Å². The van der Waals surface area contributed by atoms with E-state index in [2.05, 4.69) is 4.90 Å². The van der Waals surface area contributed by atoms with Crippen molar-refractivity contribution in [2.75, 3.05) is 36.1 Å². The summed E-state index contributed by atoms with van der Waals surface area (Å²) in [5.74, 6) is -3.00. The van der Waals surface area contributed by atoms with Crippen LogP contribution in [0.3, 0.4) is 0 Å². The molecule has 1 N–H and O–H groups in total. The van der Waals surface area contributed by atoms with Gasteiger partial charge in [0.2, 0.25) is 11.8 Å². The Hall–Kier alpha value is -4.30. The van der Waals surface area contributed by atoms with Crippen molar-refractivity contribution in [3.8, 4) is 5.75 Å². The van der Waals surface area contributed by atoms with Gasteiger partial charge in [0.1, 0.15) is 5.75 Å². The predicted octanol–water partition coefficient (Wildman–Crippen LogP) is 3.86. The van der Waals surface area contributed by atoms with E-state index in [1.165, 1.54) is 11.0 Å². The highest BCUT2D eigenvalue weighted by Crippen LogP contribution is 2.55. The number of morpholine rings is 1. The minimum atomic E-state index is -0.635. The lowest BCUT2D eigenvalue weighted by Crippen LogP contribution is -2.39. The number of carbonyl (C=O) groups excluding carboxylic acids is 4. The van der Waals surface area contributed by atoms with Gasteiger partial charge < -0.3 is 14.7 Å². The average molecular weight is 551 g/mol. The van der Waals surface area contributed by atoms with Gasteiger partial charge >= 0.3 is 0 Å². The first-order valence-corrected chi connectivity index (χ1v) is 14.1. The molecule has 8 nitrogen and oxygen atoms in total. The Morgan fingerprint density at radius 2 is 1.63 bits per heavy atom. The van der Waals surface area contributed by atoms with Gasteiger partial charge in [0.25, 0.3) is 0 Å². The highest BCUT2D eigenvalue weighted by atomic mass is 16.5. The Morgan fingerprint density at radius 3 is 2.37 bits per heavy atom. The van der Waals surface area contributed by atoms with Crippen molar-refractivity contribution in [1.82, 2.24) is 0 Å². The summed E-state index contributed by atoms with van der Waals surface area (Å²) < 4.78 is 5.44. The molecule has 0 saturated carbocycles. The van der Waals surface area contributed by atoms with Gasteiger partial charge in [-0.15, -0.1) is 0 Å². The number of rotatable bonds is 3. The predicted molar refractivity (Wildman–Crippen MR) is 151 cm³/mol. The Labute approximate surface area is 237 Å². The van der Waals surface area contributed by atoms with Crippen molar-refractivity contribution in [2.45, 2.75) is 25.7 Å². The van der Waals surface area contributed by atoms with Gasteiger partial charge in [0.15, 0.2) is 11.6 Å². The van der Waals surface area contributed by atoms with E-state index in [1.54, 1.807) is 25.1 Å². The monoisotopic (exact) mass is 550 g/mol. The van der Waals surface area contributed by atoms with Crippen molar-refractivity contribution in [1.29, 1.82) is 0 Å². The van der Waals surface area contributed by atoms with E-state index in [0.717, 1.165) is 24.4 Å². The minimum absolute atomic E-state index is 0.0567. The molecule has 2 saturated heterocycles. The van der Waals surface area contributed by atoms with E-state index in [0.29, 0.717) is 47.6 Å². The zero-order chi connectivity index (χ0) is 28.4. The molecule has 4 atom stereocenters. The lowest BCUT2D eigenvalue weighted by Gasteiger charge is -2.42. The molecule has 0 bridgehead atoms. The fourth-order valence-electron chi connectivity index (χ4n) is 7.35. The SMILES string of the molecule is CC1=CC(=O)C2=C(C[C@@H]3C(=CC[C@@H]4C(=O)N(c5ccc(N6CCOCC6)cc5)C(=O)[C@@H]43)[C@@H]2c2cccc(O)c2)C1=O. The number of ketones is 2. The average Bonchev–Trinajstić information content (AvgIpc) is 3.25. The van der Waals surface area contributed by atoms with Crippen LogP contribution in [0.25, 0.3) is 0 Å². The second kappa shape index (κ2) is 9.66. The molecule has 0 radical (unpaired) electrons. The van der Waals surface area contributed by atoms with Gasteiger partial charge in [-0.3, -0.25) is 24.1 Å². The zero-order valence-electron chi connectivity index (χ0n) is 22.7. The van der Waals surface area contributed by atoms with Gasteiger partial charge in [-0.2, -0.15) is 0 Å². The third-order valence-corrected chi connectivity index (χ3v) is 9.25. The topological polar surface area (TPSA) is 104 Å². The summed E-state index contributed by atoms with van der Waals surface area (Å²) in [6.07, 6.45) is 3.98. The second-order valence-corrected chi connectivity index (χ2v) is 11.5. The van der Waals surface area contributed by atoms with Crippen molar-refractivity contribution in [2.24, 2.45) is 17.8 Å². The number of phenols is 1. The molecule has 8 heteroatoms. The Balaban J connectivity index is 1.26. The van der Waals surface area contributed by atoms with E-state index in [-0.39, 0.29) is 35.6 Å². The first-order valence-electron chi connectivity index (χ1n) is 14.1. The molecule has 2 aromatic rings. The van der Waals surface area contributed by atoms with Crippen LogP contribution >= 0.6 is 0 Å². The summed E-state index contributed by atoms with van der Waals surface area (Å²) in [5, 5.41) is 10.3. The number of anilines is 2. The number of allylic oxidation sites excluding steroid dienone is 6. The minimum Gasteiger partial charge on any atom is -0.508 e. The maximum Gasteiger partial charge on any atom is 0.238 e. The van der Waals surface area contributed by atoms with Gasteiger partial charge in [-0.25, -0.2) is 0 Å². The molecule has 0 unspecified atom stereocenters. The van der Waals surface area contributed by atoms with Crippen LogP contribution in [0.2, 0.25) is 0 Å². The highest BCUT2D eigenvalue weighted by Gasteiger charge is 2.56. The number of fused-ring (bicyclic) bond motifs is 3. The molecule has 2 amide bonds. The van der Waals surface area contributed by atoms with E-state index in [9.17, 15) is 24.3 Å². The second-order valence-electron chi connectivity index (χ2n) is 11.5. The number of hydrogen-bond donors (Lipinski definition) is 1. The smallest absolute Gasteiger partial charge is 0.238 e. The summed E-state index contributed by atoms with van der Waals surface area (Å²) in [5.41, 5.74) is 4.32. The summed E-state index contributed by atoms with van der Waals surface area (Å²) in [6.45, 7) is 4.53. The van der Waals surface area contributed by atoms with Crippen molar-refractivity contribution in [3.05, 3.63) is 88.5 Å². The number of hydrogen-bond acceptors (Lipinski definition) is 7. The summed E-state index contributed by atoms with van der Waals surface area (Å²) in [6, 6.07) is 14.2. The number of Topliss-reactive ketones (excluding diaryl/α,β-unsaturated/α-hetero) is 1. The number of benzene rings is 2. The summed E-state index contributed by atoms with van der Waals surface area (Å²) >= 11 is 0. The lowest BCUT2D eigenvalue weighted by molar-refractivity contribution is -0.123. The number of imide groups is 1. The number of phenolic OH excluding ortho intramolecular Hbond substituents is 1. The molecule has 5 aliphatic rings. The third-order valence-electron chi connectivity index (χ3n) is 9.25. The van der Waals surface area contributed by atoms with Crippen LogP contribution in [-0.2, 0) is 23.9 Å². The normalized spacial score (nSPS) is 27.8. The fraction of sp³-hybridized carbons (Fsp3) is 0.333. The zero-order valence-corrected chi connectivity index (χ0v) is 22.7. The van der Waals surface area contributed by atoms with Crippen molar-refractivity contribution < 1.29 is 29.0 Å². The molecule has 2 aliphatic heterocycles. The Morgan fingerprint density at radius 1 is 0.902 bits per heavy atom. The molecule has 3 aliphatic carbocycles. The molecule has 0 aromatic heterocycles. The molecule has 0 spiro atoms. The van der Waals surface area contributed by atoms with E-state index in [1.807, 2.05) is 36.4 Å². The van der Waals surface area contributed by atoms with Crippen LogP contribution in [0, 0.1) is 17.8 Å². The Bertz CT molecular complexity index is 1590. The standard InChI is InChI=1S/C33H30N2O6/c1-18-15-27(37)30-26(31(18)38)17-25-23(28(30)19-3-2-4-22(36)16-19)9-10-24-29(25)33(40)35(32(24)39)21-7-5-20(6-8-21)34-11-13-41-14-12-34/h2-9,15-16,24-25,28-29,36H,10-14,17H2,1H3/t24-,25+,28-,29-/m0/s1. The number of nitrogens with zero attached hydrogens (tertiary/aromatic N) is 2. The number of ether oxygens (including phenoxy) is 1. The molecular formula is C33H30N2O6. The number of aromatic hydroxyl groups is 1. The fourth-order valence-corrected chi connectivity index (χ4v) is 7.35. The molecular weight excluding hydrogens is 520 g/mol. The molecule has 7 rings (SSSR count). The van der Waals surface area contributed by atoms with E-state index < -0.39 is 23.7 Å². The lowest BCUT2D eigenvalue weighted by atomic mass is 9.59. The molecule has 41 heavy (non-hydrogen) atoms. The quantitative estimate of drug-likeness (QED) is 0.352. The van der Waals surface area contributed by atoms with Gasteiger partial charge in [0, 0.05) is 41.4 Å². The van der Waals surface area contributed by atoms with Crippen LogP contribution in [0.4, 0.5) is 11.4 Å². The van der Waals surface area contributed by atoms with Gasteiger partial charge in [0.05, 0.1) is 30.7 Å². The van der Waals surface area contributed by atoms with Gasteiger partial charge in [-0.05, 0) is 73.7 Å². The molecule has 2 aromatic carbocycles. The van der Waals surface area contributed by atoms with Crippen LogP contribution in [0.5, 0.6) is 5.75 Å². The molecule has 208 valence electrons. The van der Waals surface area contributed by atoms with Crippen LogP contribution < -0.4 is 9.80 Å². The Kier molecular flexibility index (Phi) is 6.05. The summed E-state index contributed by atoms with van der Waals surface area (Å²) in [4.78, 5) is 58.1. The van der Waals surface area contributed by atoms with E-state index >= 15 is 0 Å². The van der Waals surface area contributed by atoms with Crippen LogP contribution in [-0.4, -0.2) is 54.8 Å². The number of carbonyl (C=O) groups is 4. The molecule has 2 heterocycles. The summed E-state index contributed by atoms with van der Waals surface area (Å²) in [7, 11) is 0. The van der Waals surface area contributed by atoms with Crippen molar-refractivity contribution in [3.63, 3.8) is 0 Å². The van der Waals surface area contributed by atoms with Crippen molar-refractivity contribution >= 4 is 34.8 Å². The first kappa shape index (κ1) is 25.7.